The summed E-state index contributed by atoms with van der Waals surface area (Å²) >= 11 is 0. The fraction of sp³-hybridized carbons (Fsp3) is 0.286. The van der Waals surface area contributed by atoms with Crippen molar-refractivity contribution in [3.63, 3.8) is 0 Å². The largest absolute Gasteiger partial charge is 0.353 e. The van der Waals surface area contributed by atoms with E-state index in [1.165, 1.54) is 5.57 Å². The van der Waals surface area contributed by atoms with Gasteiger partial charge in [0.05, 0.1) is 5.45 Å². The van der Waals surface area contributed by atoms with E-state index in [0.717, 1.165) is 5.45 Å². The number of nitrogens with one attached hydrogen (secondary N) is 1. The summed E-state index contributed by atoms with van der Waals surface area (Å²) in [5.41, 5.74) is 4.58. The quantitative estimate of drug-likeness (QED) is 0.617. The van der Waals surface area contributed by atoms with Gasteiger partial charge in [0.25, 0.3) is 0 Å². The van der Waals surface area contributed by atoms with E-state index >= 15 is 0 Å². The minimum atomic E-state index is 0.681. The number of hydrogen-bond acceptors (Lipinski definition) is 1. The van der Waals surface area contributed by atoms with Crippen LogP contribution in [-0.2, 0) is 0 Å². The average molecular weight is 150 g/mol. The highest BCUT2D eigenvalue weighted by atomic mass is 28.2. The Morgan fingerprint density at radius 2 is 2.50 bits per heavy atom. The first-order valence-electron chi connectivity index (χ1n) is 3.18. The van der Waals surface area contributed by atoms with Crippen molar-refractivity contribution in [3.05, 3.63) is 23.7 Å². The molecule has 1 rings (SSSR count). The molecule has 0 aliphatic heterocycles. The van der Waals surface area contributed by atoms with Crippen molar-refractivity contribution in [1.29, 1.82) is 0 Å². The molecule has 2 radical (unpaired) electrons. The van der Waals surface area contributed by atoms with Crippen LogP contribution in [0.5, 0.6) is 0 Å². The van der Waals surface area contributed by atoms with E-state index in [-0.39, 0.29) is 0 Å². The number of hydrogen-bond donors (Lipinski definition) is 1. The van der Waals surface area contributed by atoms with Gasteiger partial charge in [0.1, 0.15) is 0 Å². The van der Waals surface area contributed by atoms with Crippen molar-refractivity contribution in [2.75, 3.05) is 0 Å². The fourth-order valence-corrected chi connectivity index (χ4v) is 1.30. The molecule has 0 amide bonds. The summed E-state index contributed by atoms with van der Waals surface area (Å²) in [6, 6.07) is 0. The minimum Gasteiger partial charge on any atom is -0.353 e. The van der Waals surface area contributed by atoms with Crippen molar-refractivity contribution in [1.82, 2.24) is 9.97 Å². The lowest BCUT2D eigenvalue weighted by molar-refractivity contribution is 1.38. The summed E-state index contributed by atoms with van der Waals surface area (Å²) < 4.78 is 0. The van der Waals surface area contributed by atoms with E-state index in [2.05, 4.69) is 29.5 Å². The van der Waals surface area contributed by atoms with E-state index in [1.54, 1.807) is 6.20 Å². The summed E-state index contributed by atoms with van der Waals surface area (Å²) in [5, 5.41) is 0. The maximum atomic E-state index is 4.10. The molecule has 0 saturated heterocycles. The molecular weight excluding hydrogens is 140 g/mol. The van der Waals surface area contributed by atoms with Gasteiger partial charge in [-0.15, -0.1) is 0 Å². The van der Waals surface area contributed by atoms with E-state index in [4.69, 9.17) is 0 Å². The van der Waals surface area contributed by atoms with Gasteiger partial charge in [0.2, 0.25) is 0 Å². The van der Waals surface area contributed by atoms with Crippen LogP contribution in [-0.4, -0.2) is 19.5 Å². The van der Waals surface area contributed by atoms with Gasteiger partial charge < -0.3 is 4.98 Å². The molecule has 3 heteroatoms. The van der Waals surface area contributed by atoms with E-state index in [1.807, 2.05) is 6.20 Å². The maximum Gasteiger partial charge on any atom is 0.162 e. The number of imidazole rings is 1. The van der Waals surface area contributed by atoms with Crippen LogP contribution in [0.15, 0.2) is 23.7 Å². The Balaban J connectivity index is 2.49. The van der Waals surface area contributed by atoms with Gasteiger partial charge in [0.15, 0.2) is 9.52 Å². The molecule has 1 heterocycles. The average Bonchev–Trinajstić information content (AvgIpc) is 2.34. The topological polar surface area (TPSA) is 28.7 Å². The number of aromatic nitrogens is 2. The van der Waals surface area contributed by atoms with Gasteiger partial charge in [-0.25, -0.2) is 4.98 Å². The zero-order valence-corrected chi connectivity index (χ0v) is 7.18. The second-order valence-electron chi connectivity index (χ2n) is 2.30. The van der Waals surface area contributed by atoms with Gasteiger partial charge in [-0.3, -0.25) is 0 Å². The van der Waals surface area contributed by atoms with Gasteiger partial charge >= 0.3 is 0 Å². The number of nitrogens with zero attached hydrogens (tertiary/aromatic N) is 1. The SMILES string of the molecule is CC(C)=C[Si]c1ncc[nH]1. The third-order valence-electron chi connectivity index (χ3n) is 0.996. The number of aromatic amines is 1. The van der Waals surface area contributed by atoms with Gasteiger partial charge in [-0.05, 0) is 13.8 Å². The Bertz CT molecular complexity index is 210. The van der Waals surface area contributed by atoms with Crippen LogP contribution in [0.1, 0.15) is 13.8 Å². The molecule has 0 saturated carbocycles. The minimum absolute atomic E-state index is 0.681. The summed E-state index contributed by atoms with van der Waals surface area (Å²) in [6.45, 7) is 4.19. The zero-order valence-electron chi connectivity index (χ0n) is 6.18. The summed E-state index contributed by atoms with van der Waals surface area (Å²) in [6.07, 6.45) is 3.63. The van der Waals surface area contributed by atoms with E-state index in [0.29, 0.717) is 9.52 Å². The van der Waals surface area contributed by atoms with Crippen molar-refractivity contribution < 1.29 is 0 Å². The summed E-state index contributed by atoms with van der Waals surface area (Å²) in [7, 11) is 0.681. The molecular formula is C7H10N2Si. The highest BCUT2D eigenvalue weighted by molar-refractivity contribution is 6.56. The molecule has 0 atom stereocenters. The Labute approximate surface area is 63.2 Å². The lowest BCUT2D eigenvalue weighted by Crippen LogP contribution is -2.16. The van der Waals surface area contributed by atoms with Crippen LogP contribution in [0.3, 0.4) is 0 Å². The van der Waals surface area contributed by atoms with Crippen LogP contribution in [0, 0.1) is 0 Å². The number of rotatable bonds is 2. The molecule has 10 heavy (non-hydrogen) atoms. The Kier molecular flexibility index (Phi) is 2.45. The van der Waals surface area contributed by atoms with Gasteiger partial charge in [-0.2, -0.15) is 0 Å². The third-order valence-corrected chi connectivity index (χ3v) is 2.26. The predicted octanol–water partition coefficient (Wildman–Crippen LogP) is 0.663. The van der Waals surface area contributed by atoms with Crippen LogP contribution >= 0.6 is 0 Å². The Morgan fingerprint density at radius 3 is 3.00 bits per heavy atom. The molecule has 0 fully saturated rings. The molecule has 1 aromatic heterocycles. The Morgan fingerprint density at radius 1 is 1.70 bits per heavy atom. The Hall–Kier alpha value is -0.833. The first kappa shape index (κ1) is 7.28. The molecule has 0 aliphatic rings. The van der Waals surface area contributed by atoms with E-state index in [9.17, 15) is 0 Å². The normalized spacial score (nSPS) is 9.40. The van der Waals surface area contributed by atoms with Gasteiger partial charge in [-0.1, -0.05) is 11.3 Å². The molecule has 52 valence electrons. The van der Waals surface area contributed by atoms with Crippen molar-refractivity contribution in [3.8, 4) is 0 Å². The predicted molar refractivity (Wildman–Crippen MR) is 43.4 cm³/mol. The number of allylic oxidation sites excluding steroid dienone is 1. The molecule has 0 unspecified atom stereocenters. The zero-order chi connectivity index (χ0) is 7.40. The highest BCUT2D eigenvalue weighted by Crippen LogP contribution is 1.84. The van der Waals surface area contributed by atoms with Gasteiger partial charge in [0, 0.05) is 12.4 Å². The smallest absolute Gasteiger partial charge is 0.162 e. The van der Waals surface area contributed by atoms with Crippen molar-refractivity contribution >= 4 is 15.0 Å². The molecule has 1 N–H and O–H groups in total. The summed E-state index contributed by atoms with van der Waals surface area (Å²) in [5.74, 6) is 0. The van der Waals surface area contributed by atoms with Crippen molar-refractivity contribution in [2.24, 2.45) is 0 Å². The monoisotopic (exact) mass is 150 g/mol. The standard InChI is InChI=1S/C7H10N2Si/c1-6(2)5-10-7-8-3-4-9-7/h3-5H,1-2H3,(H,8,9). The summed E-state index contributed by atoms with van der Waals surface area (Å²) in [4.78, 5) is 7.15. The second-order valence-corrected chi connectivity index (χ2v) is 3.35. The fourth-order valence-electron chi connectivity index (χ4n) is 0.557. The second kappa shape index (κ2) is 3.36. The van der Waals surface area contributed by atoms with E-state index < -0.39 is 0 Å². The lowest BCUT2D eigenvalue weighted by atomic mass is 10.4. The first-order chi connectivity index (χ1) is 4.79. The highest BCUT2D eigenvalue weighted by Gasteiger charge is 1.90. The molecule has 1 aromatic rings. The number of H-pyrrole nitrogens is 1. The van der Waals surface area contributed by atoms with Crippen LogP contribution < -0.4 is 5.45 Å². The molecule has 2 nitrogen and oxygen atoms in total. The first-order valence-corrected chi connectivity index (χ1v) is 4.26. The van der Waals surface area contributed by atoms with Crippen LogP contribution in [0.25, 0.3) is 0 Å². The van der Waals surface area contributed by atoms with Crippen molar-refractivity contribution in [2.45, 2.75) is 13.8 Å². The van der Waals surface area contributed by atoms with Crippen LogP contribution in [0.4, 0.5) is 0 Å². The maximum absolute atomic E-state index is 4.10. The molecule has 0 spiro atoms. The lowest BCUT2D eigenvalue weighted by Gasteiger charge is -1.86. The third kappa shape index (κ3) is 2.19. The molecule has 0 aromatic carbocycles. The molecule has 0 aliphatic carbocycles. The molecule has 0 bridgehead atoms. The van der Waals surface area contributed by atoms with Crippen LogP contribution in [0.2, 0.25) is 0 Å².